The lowest BCUT2D eigenvalue weighted by molar-refractivity contribution is 0.0588. The molecule has 0 aliphatic carbocycles. The summed E-state index contributed by atoms with van der Waals surface area (Å²) in [6.07, 6.45) is 0. The van der Waals surface area contributed by atoms with Gasteiger partial charge in [0.15, 0.2) is 5.78 Å². The van der Waals surface area contributed by atoms with Crippen molar-refractivity contribution in [3.05, 3.63) is 65.2 Å². The summed E-state index contributed by atoms with van der Waals surface area (Å²) in [5, 5.41) is 0. The van der Waals surface area contributed by atoms with E-state index in [1.165, 1.54) is 47.5 Å². The number of Topliss-reactive ketones (excluding diaryl/α,β-unsaturated/α-hetero) is 1. The first-order valence-electron chi connectivity index (χ1n) is 9.59. The fourth-order valence-corrected chi connectivity index (χ4v) is 2.59. The van der Waals surface area contributed by atoms with Crippen LogP contribution in [-0.2, 0) is 14.2 Å². The van der Waals surface area contributed by atoms with Gasteiger partial charge in [0.2, 0.25) is 0 Å². The van der Waals surface area contributed by atoms with Crippen molar-refractivity contribution in [2.75, 3.05) is 35.0 Å². The molecule has 8 heteroatoms. The number of carbonyl (C=O) groups excluding carboxylic acids is 3. The van der Waals surface area contributed by atoms with Crippen molar-refractivity contribution in [1.82, 2.24) is 0 Å². The third-order valence-corrected chi connectivity index (χ3v) is 4.26. The molecule has 8 nitrogen and oxygen atoms in total. The van der Waals surface area contributed by atoms with Crippen molar-refractivity contribution in [1.29, 1.82) is 0 Å². The zero-order valence-electron chi connectivity index (χ0n) is 19.1. The summed E-state index contributed by atoms with van der Waals surface area (Å²) in [4.78, 5) is 33.8. The van der Waals surface area contributed by atoms with Crippen LogP contribution in [0.2, 0.25) is 0 Å². The van der Waals surface area contributed by atoms with Crippen LogP contribution < -0.4 is 9.47 Å². The summed E-state index contributed by atoms with van der Waals surface area (Å²) in [6, 6.07) is 9.67. The van der Waals surface area contributed by atoms with E-state index in [-0.39, 0.29) is 5.78 Å². The minimum absolute atomic E-state index is 0.0790. The number of benzene rings is 2. The Morgan fingerprint density at radius 1 is 0.781 bits per heavy atom. The molecule has 2 rings (SSSR count). The summed E-state index contributed by atoms with van der Waals surface area (Å²) in [6.45, 7) is 7.66. The van der Waals surface area contributed by atoms with Gasteiger partial charge in [-0.3, -0.25) is 4.79 Å². The van der Waals surface area contributed by atoms with E-state index in [9.17, 15) is 14.4 Å². The van der Waals surface area contributed by atoms with E-state index in [1.807, 2.05) is 6.92 Å². The summed E-state index contributed by atoms with van der Waals surface area (Å²) >= 11 is 0. The third kappa shape index (κ3) is 6.87. The van der Waals surface area contributed by atoms with Crippen LogP contribution in [0.3, 0.4) is 0 Å². The van der Waals surface area contributed by atoms with E-state index in [2.05, 4.69) is 16.1 Å². The molecule has 0 N–H and O–H groups in total. The lowest BCUT2D eigenvalue weighted by atomic mass is 10.1. The molecule has 0 fully saturated rings. The molecule has 32 heavy (non-hydrogen) atoms. The number of hydrogen-bond donors (Lipinski definition) is 0. The average molecular weight is 444 g/mol. The highest BCUT2D eigenvalue weighted by Gasteiger charge is 2.15. The molecule has 0 atom stereocenters. The molecule has 0 heterocycles. The molecule has 2 aromatic carbocycles. The Bertz CT molecular complexity index is 978. The zero-order chi connectivity index (χ0) is 24.3. The molecule has 0 aliphatic heterocycles. The van der Waals surface area contributed by atoms with Gasteiger partial charge in [0.1, 0.15) is 28.4 Å². The van der Waals surface area contributed by atoms with E-state index < -0.39 is 11.9 Å². The van der Waals surface area contributed by atoms with Crippen LogP contribution in [0.1, 0.15) is 50.5 Å². The number of ketones is 1. The molecule has 0 unspecified atom stereocenters. The van der Waals surface area contributed by atoms with Crippen molar-refractivity contribution >= 4 is 23.5 Å². The smallest absolute Gasteiger partial charge is 0.341 e. The van der Waals surface area contributed by atoms with Crippen LogP contribution in [0.4, 0.5) is 0 Å². The van der Waals surface area contributed by atoms with Crippen LogP contribution in [-0.4, -0.2) is 52.8 Å². The summed E-state index contributed by atoms with van der Waals surface area (Å²) in [7, 11) is 5.55. The van der Waals surface area contributed by atoms with Crippen molar-refractivity contribution in [3.8, 4) is 11.5 Å². The highest BCUT2D eigenvalue weighted by molar-refractivity contribution is 5.98. The predicted octanol–water partition coefficient (Wildman–Crippen LogP) is 4.17. The molecule has 0 radical (unpaired) electrons. The van der Waals surface area contributed by atoms with Crippen molar-refractivity contribution in [2.24, 2.45) is 0 Å². The van der Waals surface area contributed by atoms with Crippen LogP contribution in [0.5, 0.6) is 11.5 Å². The Kier molecular flexibility index (Phi) is 10.5. The zero-order valence-corrected chi connectivity index (χ0v) is 19.1. The van der Waals surface area contributed by atoms with Crippen LogP contribution in [0.15, 0.2) is 43.0 Å². The summed E-state index contributed by atoms with van der Waals surface area (Å²) in [5.41, 5.74) is 1.96. The van der Waals surface area contributed by atoms with Crippen molar-refractivity contribution in [2.45, 2.75) is 13.8 Å². The fraction of sp³-hybridized carbons (Fsp3) is 0.292. The maximum atomic E-state index is 11.4. The molecular formula is C24H28O8. The van der Waals surface area contributed by atoms with Gasteiger partial charge in [-0.15, -0.1) is 0 Å². The predicted molar refractivity (Wildman–Crippen MR) is 119 cm³/mol. The fourth-order valence-electron chi connectivity index (χ4n) is 2.59. The molecule has 0 saturated carbocycles. The van der Waals surface area contributed by atoms with E-state index in [0.29, 0.717) is 40.6 Å². The van der Waals surface area contributed by atoms with Gasteiger partial charge in [-0.2, -0.15) is 0 Å². The van der Waals surface area contributed by atoms with E-state index in [4.69, 9.17) is 14.2 Å². The first kappa shape index (κ1) is 26.2. The van der Waals surface area contributed by atoms with Gasteiger partial charge in [0, 0.05) is 11.1 Å². The van der Waals surface area contributed by atoms with Crippen LogP contribution in [0, 0.1) is 0 Å². The minimum Gasteiger partial charge on any atom is -0.496 e. The third-order valence-electron chi connectivity index (χ3n) is 4.26. The van der Waals surface area contributed by atoms with E-state index >= 15 is 0 Å². The Morgan fingerprint density at radius 3 is 1.59 bits per heavy atom. The van der Waals surface area contributed by atoms with Gasteiger partial charge in [0.05, 0.1) is 35.0 Å². The molecular weight excluding hydrogens is 416 g/mol. The lowest BCUT2D eigenvalue weighted by Crippen LogP contribution is -2.05. The second-order valence-corrected chi connectivity index (χ2v) is 6.23. The number of methoxy groups -OCH3 is 4. The molecule has 2 aromatic rings. The molecule has 0 saturated heterocycles. The number of ether oxygens (including phenoxy) is 5. The Labute approximate surface area is 187 Å². The second kappa shape index (κ2) is 12.8. The van der Waals surface area contributed by atoms with E-state index in [1.54, 1.807) is 24.3 Å². The largest absolute Gasteiger partial charge is 0.496 e. The standard InChI is InChI=1S/C13H16O4.C11H12O4/c1-5-17-9(2)10-6-7-11(13(14)16-4)12(8-10)15-3;1-7(12)8-4-5-9(11(13)15-3)10(6-8)14-2/h6-8H,2,5H2,1,3-4H3;4-6H,1-3H3. The monoisotopic (exact) mass is 444 g/mol. The number of hydrogen-bond acceptors (Lipinski definition) is 8. The average Bonchev–Trinajstić information content (AvgIpc) is 2.82. The minimum atomic E-state index is -0.484. The lowest BCUT2D eigenvalue weighted by Gasteiger charge is -2.11. The summed E-state index contributed by atoms with van der Waals surface area (Å²) in [5.74, 6) is 0.328. The van der Waals surface area contributed by atoms with Gasteiger partial charge in [-0.25, -0.2) is 9.59 Å². The molecule has 172 valence electrons. The number of rotatable bonds is 8. The van der Waals surface area contributed by atoms with Gasteiger partial charge in [-0.1, -0.05) is 18.7 Å². The molecule has 0 amide bonds. The van der Waals surface area contributed by atoms with Gasteiger partial charge in [0.25, 0.3) is 0 Å². The molecule has 0 bridgehead atoms. The SMILES string of the molecule is C=C(OCC)c1ccc(C(=O)OC)c(OC)c1.COC(=O)c1ccc(C(C)=O)cc1OC. The number of carbonyl (C=O) groups is 3. The quantitative estimate of drug-likeness (QED) is 0.340. The highest BCUT2D eigenvalue weighted by Crippen LogP contribution is 2.25. The highest BCUT2D eigenvalue weighted by atomic mass is 16.5. The van der Waals surface area contributed by atoms with Crippen molar-refractivity contribution < 1.29 is 38.1 Å². The van der Waals surface area contributed by atoms with Crippen LogP contribution in [0.25, 0.3) is 5.76 Å². The van der Waals surface area contributed by atoms with Crippen LogP contribution >= 0.6 is 0 Å². The normalized spacial score (nSPS) is 9.56. The molecule has 0 spiro atoms. The maximum absolute atomic E-state index is 11.4. The van der Waals surface area contributed by atoms with Gasteiger partial charge >= 0.3 is 11.9 Å². The van der Waals surface area contributed by atoms with Gasteiger partial charge < -0.3 is 23.7 Å². The summed E-state index contributed by atoms with van der Waals surface area (Å²) < 4.78 is 24.7. The second-order valence-electron chi connectivity index (χ2n) is 6.23. The number of esters is 2. The first-order valence-corrected chi connectivity index (χ1v) is 9.59. The Hall–Kier alpha value is -3.81. The van der Waals surface area contributed by atoms with E-state index in [0.717, 1.165) is 5.56 Å². The van der Waals surface area contributed by atoms with Crippen molar-refractivity contribution in [3.63, 3.8) is 0 Å². The molecule has 0 aliphatic rings. The Balaban J connectivity index is 0.000000323. The maximum Gasteiger partial charge on any atom is 0.341 e. The van der Waals surface area contributed by atoms with Gasteiger partial charge in [-0.05, 0) is 38.1 Å². The first-order chi connectivity index (χ1) is 15.2. The molecule has 0 aromatic heterocycles. The topological polar surface area (TPSA) is 97.4 Å². The Morgan fingerprint density at radius 2 is 1.22 bits per heavy atom.